The molecule has 1 aromatic carbocycles. The molecule has 1 aliphatic rings. The largest absolute Gasteiger partial charge is 0.497 e. The molecular formula is C19H25N3O2S. The van der Waals surface area contributed by atoms with Crippen LogP contribution in [0.3, 0.4) is 0 Å². The first-order chi connectivity index (χ1) is 12.0. The molecule has 134 valence electrons. The quantitative estimate of drug-likeness (QED) is 0.858. The van der Waals surface area contributed by atoms with Crippen LogP contribution in [0.25, 0.3) is 10.6 Å². The van der Waals surface area contributed by atoms with Crippen LogP contribution in [-0.4, -0.2) is 36.6 Å². The Morgan fingerprint density at radius 3 is 2.96 bits per heavy atom. The van der Waals surface area contributed by atoms with Crippen molar-refractivity contribution in [2.24, 2.45) is 0 Å². The number of benzene rings is 1. The van der Waals surface area contributed by atoms with Crippen molar-refractivity contribution in [2.45, 2.75) is 45.7 Å². The average Bonchev–Trinajstić information content (AvgIpc) is 3.17. The van der Waals surface area contributed by atoms with Gasteiger partial charge in [-0.1, -0.05) is 30.4 Å². The van der Waals surface area contributed by atoms with Gasteiger partial charge >= 0.3 is 0 Å². The maximum absolute atomic E-state index is 12.5. The molecule has 25 heavy (non-hydrogen) atoms. The third-order valence-electron chi connectivity index (χ3n) is 4.36. The maximum Gasteiger partial charge on any atom is 0.243 e. The van der Waals surface area contributed by atoms with Crippen LogP contribution in [-0.2, 0) is 11.2 Å². The number of hydrogen-bond donors (Lipinski definition) is 1. The van der Waals surface area contributed by atoms with Gasteiger partial charge in [0.25, 0.3) is 0 Å². The molecule has 0 bridgehead atoms. The summed E-state index contributed by atoms with van der Waals surface area (Å²) in [7, 11) is 1.67. The summed E-state index contributed by atoms with van der Waals surface area (Å²) in [6, 6.07) is 8.04. The summed E-state index contributed by atoms with van der Waals surface area (Å²) >= 11 is 1.65. The molecule has 6 heteroatoms. The summed E-state index contributed by atoms with van der Waals surface area (Å²) in [5.41, 5.74) is 2.07. The van der Waals surface area contributed by atoms with E-state index in [4.69, 9.17) is 9.72 Å². The number of carbonyl (C=O) groups is 1. The fraction of sp³-hybridized carbons (Fsp3) is 0.474. The molecule has 0 aliphatic carbocycles. The second-order valence-corrected chi connectivity index (χ2v) is 7.49. The van der Waals surface area contributed by atoms with E-state index in [9.17, 15) is 4.79 Å². The van der Waals surface area contributed by atoms with Gasteiger partial charge in [-0.2, -0.15) is 0 Å². The van der Waals surface area contributed by atoms with Gasteiger partial charge in [0.2, 0.25) is 5.91 Å². The minimum absolute atomic E-state index is 0.101. The van der Waals surface area contributed by atoms with Gasteiger partial charge in [0.05, 0.1) is 12.8 Å². The average molecular weight is 359 g/mol. The van der Waals surface area contributed by atoms with Crippen molar-refractivity contribution in [3.63, 3.8) is 0 Å². The number of nitrogens with zero attached hydrogens (tertiary/aromatic N) is 2. The first-order valence-electron chi connectivity index (χ1n) is 8.75. The maximum atomic E-state index is 12.5. The summed E-state index contributed by atoms with van der Waals surface area (Å²) < 4.78 is 5.31. The third kappa shape index (κ3) is 3.49. The van der Waals surface area contributed by atoms with Gasteiger partial charge in [0.15, 0.2) is 0 Å². The van der Waals surface area contributed by atoms with E-state index in [0.717, 1.165) is 40.0 Å². The molecule has 1 N–H and O–H groups in total. The predicted molar refractivity (Wildman–Crippen MR) is 103 cm³/mol. The molecule has 3 rings (SSSR count). The van der Waals surface area contributed by atoms with Crippen molar-refractivity contribution in [1.82, 2.24) is 10.3 Å². The molecule has 1 atom stereocenters. The molecule has 0 fully saturated rings. The number of methoxy groups -OCH3 is 1. The lowest BCUT2D eigenvalue weighted by molar-refractivity contribution is -0.122. The van der Waals surface area contributed by atoms with E-state index >= 15 is 0 Å². The van der Waals surface area contributed by atoms with Gasteiger partial charge in [-0.05, 0) is 32.4 Å². The van der Waals surface area contributed by atoms with Gasteiger partial charge in [-0.3, -0.25) is 4.79 Å². The van der Waals surface area contributed by atoms with Gasteiger partial charge in [-0.25, -0.2) is 4.98 Å². The van der Waals surface area contributed by atoms with Crippen LogP contribution in [0, 0.1) is 0 Å². The Kier molecular flexibility index (Phi) is 5.27. The summed E-state index contributed by atoms with van der Waals surface area (Å²) in [5.74, 6) is 0.925. The molecule has 1 amide bonds. The van der Waals surface area contributed by atoms with Crippen LogP contribution in [0.5, 0.6) is 5.75 Å². The van der Waals surface area contributed by atoms with E-state index < -0.39 is 0 Å². The highest BCUT2D eigenvalue weighted by Gasteiger charge is 2.38. The monoisotopic (exact) mass is 359 g/mol. The van der Waals surface area contributed by atoms with E-state index in [2.05, 4.69) is 31.0 Å². The number of amides is 1. The number of nitrogens with one attached hydrogen (secondary N) is 1. The van der Waals surface area contributed by atoms with Crippen molar-refractivity contribution in [1.29, 1.82) is 0 Å². The minimum atomic E-state index is -0.153. The highest BCUT2D eigenvalue weighted by Crippen LogP contribution is 2.42. The first-order valence-corrected chi connectivity index (χ1v) is 9.57. The van der Waals surface area contributed by atoms with E-state index in [1.165, 1.54) is 0 Å². The summed E-state index contributed by atoms with van der Waals surface area (Å²) in [5, 5.41) is 5.11. The number of hydrogen-bond acceptors (Lipinski definition) is 5. The molecular weight excluding hydrogens is 334 g/mol. The second-order valence-electron chi connectivity index (χ2n) is 6.51. The summed E-state index contributed by atoms with van der Waals surface area (Å²) in [6.07, 6.45) is 1.61. The number of ether oxygens (including phenoxy) is 1. The molecule has 1 aromatic heterocycles. The smallest absolute Gasteiger partial charge is 0.243 e. The molecule has 0 radical (unpaired) electrons. The normalized spacial score (nSPS) is 16.2. The highest BCUT2D eigenvalue weighted by atomic mass is 32.1. The van der Waals surface area contributed by atoms with Crippen molar-refractivity contribution in [3.8, 4) is 16.3 Å². The molecule has 0 spiro atoms. The van der Waals surface area contributed by atoms with Crippen molar-refractivity contribution < 1.29 is 9.53 Å². The number of carbonyl (C=O) groups excluding carboxylic acids is 1. The van der Waals surface area contributed by atoms with E-state index in [0.29, 0.717) is 6.42 Å². The fourth-order valence-electron chi connectivity index (χ4n) is 3.16. The van der Waals surface area contributed by atoms with E-state index in [-0.39, 0.29) is 18.0 Å². The molecule has 0 saturated heterocycles. The number of aromatic nitrogens is 1. The van der Waals surface area contributed by atoms with E-state index in [1.807, 2.05) is 24.3 Å². The zero-order valence-corrected chi connectivity index (χ0v) is 16.0. The van der Waals surface area contributed by atoms with Gasteiger partial charge < -0.3 is 15.0 Å². The molecule has 1 aliphatic heterocycles. The number of thiazole rings is 1. The minimum Gasteiger partial charge on any atom is -0.497 e. The zero-order chi connectivity index (χ0) is 18.0. The molecule has 5 nitrogen and oxygen atoms in total. The molecule has 1 unspecified atom stereocenters. The van der Waals surface area contributed by atoms with Crippen LogP contribution >= 0.6 is 11.3 Å². The highest BCUT2D eigenvalue weighted by molar-refractivity contribution is 7.19. The first kappa shape index (κ1) is 17.7. The zero-order valence-electron chi connectivity index (χ0n) is 15.2. The van der Waals surface area contributed by atoms with Crippen LogP contribution in [0.2, 0.25) is 0 Å². The van der Waals surface area contributed by atoms with Crippen LogP contribution < -0.4 is 15.0 Å². The van der Waals surface area contributed by atoms with Crippen LogP contribution in [0.1, 0.15) is 32.9 Å². The third-order valence-corrected chi connectivity index (χ3v) is 5.52. The van der Waals surface area contributed by atoms with Crippen LogP contribution in [0.15, 0.2) is 24.3 Å². The van der Waals surface area contributed by atoms with Crippen molar-refractivity contribution in [2.75, 3.05) is 18.6 Å². The molecule has 0 saturated carbocycles. The number of anilines is 1. The molecule has 2 heterocycles. The number of rotatable bonds is 6. The Hall–Kier alpha value is -2.08. The topological polar surface area (TPSA) is 54.5 Å². The van der Waals surface area contributed by atoms with Gasteiger partial charge in [0.1, 0.15) is 21.8 Å². The number of fused-ring (bicyclic) bond motifs is 1. The fourth-order valence-corrected chi connectivity index (χ4v) is 4.43. The Bertz CT molecular complexity index is 757. The van der Waals surface area contributed by atoms with Crippen molar-refractivity contribution >= 4 is 22.2 Å². The van der Waals surface area contributed by atoms with E-state index in [1.54, 1.807) is 18.4 Å². The van der Waals surface area contributed by atoms with Crippen molar-refractivity contribution in [3.05, 3.63) is 30.0 Å². The Morgan fingerprint density at radius 1 is 1.48 bits per heavy atom. The summed E-state index contributed by atoms with van der Waals surface area (Å²) in [4.78, 5) is 19.6. The van der Waals surface area contributed by atoms with Gasteiger partial charge in [0, 0.05) is 24.6 Å². The Morgan fingerprint density at radius 2 is 2.28 bits per heavy atom. The Balaban J connectivity index is 1.88. The lowest BCUT2D eigenvalue weighted by Crippen LogP contribution is -2.48. The van der Waals surface area contributed by atoms with Gasteiger partial charge in [-0.15, -0.1) is 0 Å². The molecule has 2 aromatic rings. The predicted octanol–water partition coefficient (Wildman–Crippen LogP) is 3.48. The Labute approximate surface area is 153 Å². The summed E-state index contributed by atoms with van der Waals surface area (Å²) in [6.45, 7) is 7.03. The SMILES string of the molecule is CCCNC(=O)C1Cc2nc(-c3cccc(OC)c3)sc2N1C(C)C. The van der Waals surface area contributed by atoms with Crippen LogP contribution in [0.4, 0.5) is 5.00 Å². The lowest BCUT2D eigenvalue weighted by Gasteiger charge is -2.29. The lowest BCUT2D eigenvalue weighted by atomic mass is 10.1. The standard InChI is InChI=1S/C19H25N3O2S/c1-5-9-20-17(23)16-11-15-19(22(16)12(2)3)25-18(21-15)13-7-6-8-14(10-13)24-4/h6-8,10,12,16H,5,9,11H2,1-4H3,(H,20,23). The second kappa shape index (κ2) is 7.44.